The number of hydrogen-bond donors (Lipinski definition) is 1. The van der Waals surface area contributed by atoms with Crippen molar-refractivity contribution < 1.29 is 15.6 Å². The number of quaternary nitrogens is 1. The van der Waals surface area contributed by atoms with Crippen molar-refractivity contribution >= 4 is 21.9 Å². The zero-order valence-corrected chi connectivity index (χ0v) is 11.0. The van der Waals surface area contributed by atoms with Crippen molar-refractivity contribution in [2.24, 2.45) is 17.3 Å². The molecule has 3 atom stereocenters. The van der Waals surface area contributed by atoms with Crippen molar-refractivity contribution in [2.45, 2.75) is 48.9 Å². The van der Waals surface area contributed by atoms with E-state index in [1.54, 1.807) is 0 Å². The summed E-state index contributed by atoms with van der Waals surface area (Å²) in [7, 11) is 0. The number of aliphatic carboxylic acids is 1. The molecule has 90 valence electrons. The first-order valence-corrected chi connectivity index (χ1v) is 6.95. The Bertz CT molecular complexity index is 330. The topological polar surface area (TPSA) is 67.8 Å². The van der Waals surface area contributed by atoms with Gasteiger partial charge in [0.2, 0.25) is 0 Å². The molecule has 0 heterocycles. The number of carboxylic acid groups (broad SMARTS) is 1. The minimum absolute atomic E-state index is 0.0770. The van der Waals surface area contributed by atoms with Gasteiger partial charge in [-0.25, -0.2) is 0 Å². The van der Waals surface area contributed by atoms with Crippen molar-refractivity contribution in [3.63, 3.8) is 0 Å². The van der Waals surface area contributed by atoms with Crippen molar-refractivity contribution in [1.82, 2.24) is 0 Å². The molecule has 0 saturated heterocycles. The molecule has 0 aromatic heterocycles. The molecule has 4 bridgehead atoms. The molecule has 0 aromatic carbocycles. The third kappa shape index (κ3) is 1.46. The molecule has 4 aliphatic rings. The zero-order chi connectivity index (χ0) is 11.6. The largest absolute Gasteiger partial charge is 0.544 e. The summed E-state index contributed by atoms with van der Waals surface area (Å²) < 4.78 is 0.211. The lowest BCUT2D eigenvalue weighted by molar-refractivity contribution is -0.467. The van der Waals surface area contributed by atoms with Gasteiger partial charge in [0.15, 0.2) is 0 Å². The maximum atomic E-state index is 11.1. The van der Waals surface area contributed by atoms with Crippen LogP contribution in [0, 0.1) is 17.3 Å². The lowest BCUT2D eigenvalue weighted by atomic mass is 9.47. The van der Waals surface area contributed by atoms with Gasteiger partial charge in [0.05, 0.1) is 5.97 Å². The Morgan fingerprint density at radius 3 is 2.31 bits per heavy atom. The van der Waals surface area contributed by atoms with E-state index in [9.17, 15) is 9.90 Å². The zero-order valence-electron chi connectivity index (χ0n) is 9.38. The SMILES string of the molecule is [NH3+][C@H](C(=O)[O-])C12C[C@H]3C[C@@H](CC(Br)(C3)C1)C2. The second kappa shape index (κ2) is 3.22. The van der Waals surface area contributed by atoms with Crippen LogP contribution >= 0.6 is 15.9 Å². The molecule has 3 N–H and O–H groups in total. The van der Waals surface area contributed by atoms with E-state index >= 15 is 0 Å². The van der Waals surface area contributed by atoms with Crippen molar-refractivity contribution in [1.29, 1.82) is 0 Å². The highest BCUT2D eigenvalue weighted by Gasteiger charge is 2.60. The Balaban J connectivity index is 1.94. The third-order valence-corrected chi connectivity index (χ3v) is 5.99. The number of carboxylic acids is 1. The molecule has 4 fully saturated rings. The Labute approximate surface area is 104 Å². The van der Waals surface area contributed by atoms with Gasteiger partial charge in [-0.2, -0.15) is 0 Å². The molecule has 4 rings (SSSR count). The van der Waals surface area contributed by atoms with Gasteiger partial charge in [0, 0.05) is 9.74 Å². The van der Waals surface area contributed by atoms with E-state index < -0.39 is 12.0 Å². The van der Waals surface area contributed by atoms with E-state index in [0.717, 1.165) is 19.3 Å². The van der Waals surface area contributed by atoms with Gasteiger partial charge in [0.1, 0.15) is 6.04 Å². The normalized spacial score (nSPS) is 51.6. The molecule has 0 unspecified atom stereocenters. The first kappa shape index (κ1) is 11.0. The molecule has 0 amide bonds. The molecule has 3 nitrogen and oxygen atoms in total. The van der Waals surface area contributed by atoms with Crippen LogP contribution in [0.25, 0.3) is 0 Å². The summed E-state index contributed by atoms with van der Waals surface area (Å²) in [4.78, 5) is 11.1. The summed E-state index contributed by atoms with van der Waals surface area (Å²) >= 11 is 3.87. The fraction of sp³-hybridized carbons (Fsp3) is 0.917. The van der Waals surface area contributed by atoms with Crippen LogP contribution in [0.15, 0.2) is 0 Å². The number of alkyl halides is 1. The summed E-state index contributed by atoms with van der Waals surface area (Å²) in [5.41, 5.74) is 3.80. The van der Waals surface area contributed by atoms with E-state index in [1.165, 1.54) is 19.3 Å². The average Bonchev–Trinajstić information content (AvgIpc) is 2.12. The molecule has 0 aromatic rings. The van der Waals surface area contributed by atoms with Crippen molar-refractivity contribution in [2.75, 3.05) is 0 Å². The molecule has 0 aliphatic heterocycles. The minimum atomic E-state index is -0.960. The predicted molar refractivity (Wildman–Crippen MR) is 60.5 cm³/mol. The van der Waals surface area contributed by atoms with Crippen LogP contribution in [0.3, 0.4) is 0 Å². The first-order chi connectivity index (χ1) is 7.42. The van der Waals surface area contributed by atoms with Gasteiger partial charge >= 0.3 is 0 Å². The fourth-order valence-electron chi connectivity index (χ4n) is 4.88. The number of rotatable bonds is 2. The van der Waals surface area contributed by atoms with Crippen molar-refractivity contribution in [3.8, 4) is 0 Å². The van der Waals surface area contributed by atoms with Crippen LogP contribution in [-0.4, -0.2) is 16.3 Å². The lowest BCUT2D eigenvalue weighted by Crippen LogP contribution is -2.78. The summed E-state index contributed by atoms with van der Waals surface area (Å²) in [5, 5.41) is 11.1. The summed E-state index contributed by atoms with van der Waals surface area (Å²) in [6.07, 6.45) is 6.85. The highest BCUT2D eigenvalue weighted by atomic mass is 79.9. The predicted octanol–water partition coefficient (Wildman–Crippen LogP) is 0.0807. The number of halogens is 1. The van der Waals surface area contributed by atoms with Gasteiger partial charge < -0.3 is 15.6 Å². The fourth-order valence-corrected chi connectivity index (χ4v) is 6.35. The first-order valence-electron chi connectivity index (χ1n) is 6.15. The van der Waals surface area contributed by atoms with Gasteiger partial charge in [-0.1, -0.05) is 15.9 Å². The maximum absolute atomic E-state index is 11.1. The lowest BCUT2D eigenvalue weighted by Gasteiger charge is -2.61. The molecule has 4 saturated carbocycles. The molecule has 4 heteroatoms. The van der Waals surface area contributed by atoms with E-state index in [1.807, 2.05) is 0 Å². The van der Waals surface area contributed by atoms with Gasteiger partial charge in [-0.3, -0.25) is 0 Å². The van der Waals surface area contributed by atoms with Gasteiger partial charge in [-0.15, -0.1) is 0 Å². The smallest absolute Gasteiger partial charge is 0.130 e. The summed E-state index contributed by atoms with van der Waals surface area (Å²) in [6, 6.07) is -0.532. The number of carbonyl (C=O) groups is 1. The number of hydrogen-bond acceptors (Lipinski definition) is 2. The van der Waals surface area contributed by atoms with E-state index in [4.69, 9.17) is 0 Å². The second-order valence-electron chi connectivity index (χ2n) is 6.35. The van der Waals surface area contributed by atoms with Crippen molar-refractivity contribution in [3.05, 3.63) is 0 Å². The van der Waals surface area contributed by atoms with Gasteiger partial charge in [0.25, 0.3) is 0 Å². The third-order valence-electron chi connectivity index (χ3n) is 5.06. The van der Waals surface area contributed by atoms with Crippen LogP contribution in [0.2, 0.25) is 0 Å². The van der Waals surface area contributed by atoms with Crippen LogP contribution < -0.4 is 10.8 Å². The molecular formula is C12H18BrNO2. The Morgan fingerprint density at radius 1 is 1.31 bits per heavy atom. The van der Waals surface area contributed by atoms with Crippen LogP contribution in [0.5, 0.6) is 0 Å². The molecular weight excluding hydrogens is 270 g/mol. The summed E-state index contributed by atoms with van der Waals surface area (Å²) in [6.45, 7) is 0. The van der Waals surface area contributed by atoms with E-state index in [2.05, 4.69) is 21.7 Å². The molecule has 16 heavy (non-hydrogen) atoms. The van der Waals surface area contributed by atoms with Crippen LogP contribution in [0.4, 0.5) is 0 Å². The molecule has 0 radical (unpaired) electrons. The van der Waals surface area contributed by atoms with E-state index in [0.29, 0.717) is 11.8 Å². The monoisotopic (exact) mass is 287 g/mol. The minimum Gasteiger partial charge on any atom is -0.544 e. The molecule has 4 aliphatic carbocycles. The Kier molecular flexibility index (Phi) is 2.22. The Morgan fingerprint density at radius 2 is 1.88 bits per heavy atom. The molecule has 0 spiro atoms. The second-order valence-corrected chi connectivity index (χ2v) is 8.03. The summed E-state index contributed by atoms with van der Waals surface area (Å²) in [5.74, 6) is 0.464. The maximum Gasteiger partial charge on any atom is 0.130 e. The number of carbonyl (C=O) groups excluding carboxylic acids is 1. The average molecular weight is 288 g/mol. The van der Waals surface area contributed by atoms with E-state index in [-0.39, 0.29) is 9.74 Å². The highest BCUT2D eigenvalue weighted by Crippen LogP contribution is 2.64. The van der Waals surface area contributed by atoms with Crippen LogP contribution in [0.1, 0.15) is 38.5 Å². The van der Waals surface area contributed by atoms with Crippen LogP contribution in [-0.2, 0) is 4.79 Å². The Hall–Kier alpha value is -0.0900. The highest BCUT2D eigenvalue weighted by molar-refractivity contribution is 9.10. The van der Waals surface area contributed by atoms with Gasteiger partial charge in [-0.05, 0) is 50.4 Å². The standard InChI is InChI=1S/C12H18BrNO2/c13-12-4-7-1-8(5-12)3-11(2-7,6-12)9(14)10(15)16/h7-9H,1-6,14H2,(H,15,16)/t7-,8-,9-,11?,12?/m1/s1. The quantitative estimate of drug-likeness (QED) is 0.731.